The number of hydrogen-bond donors (Lipinski definition) is 1. The van der Waals surface area contributed by atoms with Crippen molar-refractivity contribution >= 4 is 15.9 Å². The zero-order chi connectivity index (χ0) is 20.9. The molecule has 1 N–H and O–H groups in total. The van der Waals surface area contributed by atoms with Gasteiger partial charge >= 0.3 is 0 Å². The highest BCUT2D eigenvalue weighted by atomic mass is 32.2. The molecule has 1 aliphatic heterocycles. The number of benzene rings is 2. The van der Waals surface area contributed by atoms with E-state index >= 15 is 0 Å². The third-order valence-corrected chi connectivity index (χ3v) is 7.15. The van der Waals surface area contributed by atoms with E-state index in [9.17, 15) is 13.2 Å². The Labute approximate surface area is 172 Å². The predicted molar refractivity (Wildman–Crippen MR) is 113 cm³/mol. The van der Waals surface area contributed by atoms with Crippen molar-refractivity contribution in [1.29, 1.82) is 0 Å². The van der Waals surface area contributed by atoms with Crippen LogP contribution in [0.5, 0.6) is 5.75 Å². The fraction of sp³-hybridized carbons (Fsp3) is 0.409. The van der Waals surface area contributed by atoms with Gasteiger partial charge in [-0.25, -0.2) is 8.42 Å². The molecule has 1 heterocycles. The molecule has 1 atom stereocenters. The van der Waals surface area contributed by atoms with Crippen LogP contribution < -0.4 is 10.1 Å². The second-order valence-electron chi connectivity index (χ2n) is 7.28. The van der Waals surface area contributed by atoms with Crippen LogP contribution in [-0.4, -0.2) is 38.8 Å². The lowest BCUT2D eigenvalue weighted by Gasteiger charge is -2.20. The third-order valence-electron chi connectivity index (χ3n) is 5.25. The van der Waals surface area contributed by atoms with Crippen LogP contribution in [0.1, 0.15) is 54.6 Å². The van der Waals surface area contributed by atoms with Crippen molar-refractivity contribution in [2.24, 2.45) is 0 Å². The van der Waals surface area contributed by atoms with E-state index in [2.05, 4.69) is 5.32 Å². The van der Waals surface area contributed by atoms with Crippen molar-refractivity contribution in [1.82, 2.24) is 9.62 Å². The van der Waals surface area contributed by atoms with Gasteiger partial charge in [0.15, 0.2) is 0 Å². The van der Waals surface area contributed by atoms with E-state index in [-0.39, 0.29) is 16.8 Å². The van der Waals surface area contributed by atoms with Gasteiger partial charge in [-0.3, -0.25) is 4.79 Å². The van der Waals surface area contributed by atoms with Crippen LogP contribution in [0.25, 0.3) is 0 Å². The molecule has 156 valence electrons. The first kappa shape index (κ1) is 21.3. The van der Waals surface area contributed by atoms with Crippen LogP contribution in [0.2, 0.25) is 0 Å². The molecule has 1 aliphatic rings. The SMILES string of the molecule is COc1ccccc1[C@H](C)NC(=O)c1cccc(S(=O)(=O)N2CCCCCC2)c1. The summed E-state index contributed by atoms with van der Waals surface area (Å²) in [7, 11) is -2.01. The summed E-state index contributed by atoms with van der Waals surface area (Å²) >= 11 is 0. The normalized spacial score (nSPS) is 16.6. The van der Waals surface area contributed by atoms with Gasteiger partial charge in [0.1, 0.15) is 5.75 Å². The van der Waals surface area contributed by atoms with Crippen molar-refractivity contribution in [2.75, 3.05) is 20.2 Å². The van der Waals surface area contributed by atoms with Gasteiger partial charge in [0.05, 0.1) is 18.0 Å². The summed E-state index contributed by atoms with van der Waals surface area (Å²) in [6.07, 6.45) is 3.84. The Morgan fingerprint density at radius 1 is 1.03 bits per heavy atom. The van der Waals surface area contributed by atoms with Crippen LogP contribution in [0.3, 0.4) is 0 Å². The standard InChI is InChI=1S/C22H28N2O4S/c1-17(20-12-5-6-13-21(20)28-2)23-22(25)18-10-9-11-19(16-18)29(26,27)24-14-7-3-4-8-15-24/h5-6,9-13,16-17H,3-4,7-8,14-15H2,1-2H3,(H,23,25)/t17-/m0/s1. The van der Waals surface area contributed by atoms with Crippen LogP contribution in [0.15, 0.2) is 53.4 Å². The van der Waals surface area contributed by atoms with Crippen molar-refractivity contribution in [3.05, 3.63) is 59.7 Å². The Morgan fingerprint density at radius 2 is 1.72 bits per heavy atom. The van der Waals surface area contributed by atoms with Crippen LogP contribution in [0, 0.1) is 0 Å². The smallest absolute Gasteiger partial charge is 0.251 e. The number of ether oxygens (including phenoxy) is 1. The Kier molecular flexibility index (Phi) is 6.92. The number of methoxy groups -OCH3 is 1. The number of amides is 1. The highest BCUT2D eigenvalue weighted by molar-refractivity contribution is 7.89. The van der Waals surface area contributed by atoms with E-state index in [1.807, 2.05) is 31.2 Å². The molecule has 0 radical (unpaired) electrons. The molecule has 1 saturated heterocycles. The number of nitrogens with zero attached hydrogens (tertiary/aromatic N) is 1. The molecule has 2 aromatic rings. The summed E-state index contributed by atoms with van der Waals surface area (Å²) in [5.41, 5.74) is 1.18. The fourth-order valence-electron chi connectivity index (χ4n) is 3.61. The van der Waals surface area contributed by atoms with Gasteiger partial charge in [0.25, 0.3) is 5.91 Å². The van der Waals surface area contributed by atoms with Crippen LogP contribution in [0.4, 0.5) is 0 Å². The zero-order valence-electron chi connectivity index (χ0n) is 16.9. The minimum atomic E-state index is -3.60. The molecule has 1 fully saturated rings. The van der Waals surface area contributed by atoms with Crippen molar-refractivity contribution in [3.63, 3.8) is 0 Å². The molecule has 7 heteroatoms. The van der Waals surface area contributed by atoms with Gasteiger partial charge in [0.2, 0.25) is 10.0 Å². The summed E-state index contributed by atoms with van der Waals surface area (Å²) in [6, 6.07) is 13.5. The molecule has 2 aromatic carbocycles. The Bertz CT molecular complexity index is 951. The van der Waals surface area contributed by atoms with Crippen LogP contribution >= 0.6 is 0 Å². The summed E-state index contributed by atoms with van der Waals surface area (Å²) in [4.78, 5) is 12.9. The summed E-state index contributed by atoms with van der Waals surface area (Å²) in [6.45, 7) is 2.93. The number of sulfonamides is 1. The van der Waals surface area contributed by atoms with Gasteiger partial charge in [-0.15, -0.1) is 0 Å². The molecule has 0 aromatic heterocycles. The molecule has 3 rings (SSSR count). The minimum absolute atomic E-state index is 0.164. The third kappa shape index (κ3) is 4.97. The lowest BCUT2D eigenvalue weighted by molar-refractivity contribution is 0.0939. The van der Waals surface area contributed by atoms with E-state index in [1.165, 1.54) is 10.4 Å². The van der Waals surface area contributed by atoms with E-state index in [1.54, 1.807) is 25.3 Å². The number of carbonyl (C=O) groups excluding carboxylic acids is 1. The zero-order valence-corrected chi connectivity index (χ0v) is 17.7. The number of nitrogens with one attached hydrogen (secondary N) is 1. The number of carbonyl (C=O) groups is 1. The van der Waals surface area contributed by atoms with E-state index < -0.39 is 10.0 Å². The second kappa shape index (κ2) is 9.41. The van der Waals surface area contributed by atoms with Gasteiger partial charge in [-0.05, 0) is 44.0 Å². The Hall–Kier alpha value is -2.38. The first-order chi connectivity index (χ1) is 13.9. The topological polar surface area (TPSA) is 75.7 Å². The molecular weight excluding hydrogens is 388 g/mol. The number of rotatable bonds is 6. The lowest BCUT2D eigenvalue weighted by atomic mass is 10.1. The summed E-state index contributed by atoms with van der Waals surface area (Å²) in [5, 5.41) is 2.93. The van der Waals surface area contributed by atoms with Gasteiger partial charge in [-0.2, -0.15) is 4.31 Å². The maximum absolute atomic E-state index is 13.0. The van der Waals surface area contributed by atoms with Gasteiger partial charge < -0.3 is 10.1 Å². The average molecular weight is 417 g/mol. The van der Waals surface area contributed by atoms with Crippen molar-refractivity contribution in [3.8, 4) is 5.75 Å². The van der Waals surface area contributed by atoms with Gasteiger partial charge in [-0.1, -0.05) is 37.1 Å². The largest absolute Gasteiger partial charge is 0.496 e. The molecule has 0 bridgehead atoms. The molecule has 0 spiro atoms. The molecular formula is C22H28N2O4S. The average Bonchev–Trinajstić information content (AvgIpc) is 3.04. The number of para-hydroxylation sites is 1. The molecule has 1 amide bonds. The first-order valence-corrected chi connectivity index (χ1v) is 11.4. The van der Waals surface area contributed by atoms with E-state index in [0.29, 0.717) is 24.4 Å². The molecule has 0 unspecified atom stereocenters. The first-order valence-electron chi connectivity index (χ1n) is 9.97. The second-order valence-corrected chi connectivity index (χ2v) is 9.22. The monoisotopic (exact) mass is 416 g/mol. The van der Waals surface area contributed by atoms with Crippen molar-refractivity contribution < 1.29 is 17.9 Å². The maximum Gasteiger partial charge on any atom is 0.251 e. The molecule has 6 nitrogen and oxygen atoms in total. The highest BCUT2D eigenvalue weighted by Crippen LogP contribution is 2.25. The Morgan fingerprint density at radius 3 is 2.41 bits per heavy atom. The highest BCUT2D eigenvalue weighted by Gasteiger charge is 2.26. The van der Waals surface area contributed by atoms with E-state index in [4.69, 9.17) is 4.74 Å². The summed E-state index contributed by atoms with van der Waals surface area (Å²) in [5.74, 6) is 0.370. The molecule has 0 saturated carbocycles. The molecule has 0 aliphatic carbocycles. The fourth-order valence-corrected chi connectivity index (χ4v) is 5.17. The van der Waals surface area contributed by atoms with Gasteiger partial charge in [0, 0.05) is 24.2 Å². The van der Waals surface area contributed by atoms with Crippen LogP contribution in [-0.2, 0) is 10.0 Å². The van der Waals surface area contributed by atoms with E-state index in [0.717, 1.165) is 31.2 Å². The minimum Gasteiger partial charge on any atom is -0.496 e. The lowest BCUT2D eigenvalue weighted by Crippen LogP contribution is -2.32. The quantitative estimate of drug-likeness (QED) is 0.778. The predicted octanol–water partition coefficient (Wildman–Crippen LogP) is 3.75. The molecule has 29 heavy (non-hydrogen) atoms. The maximum atomic E-state index is 13.0. The van der Waals surface area contributed by atoms with Crippen molar-refractivity contribution in [2.45, 2.75) is 43.5 Å². The number of hydrogen-bond acceptors (Lipinski definition) is 4. The summed E-state index contributed by atoms with van der Waals surface area (Å²) < 4.78 is 32.9. The Balaban J connectivity index is 1.78.